The fourth-order valence-electron chi connectivity index (χ4n) is 1.71. The second kappa shape index (κ2) is 5.79. The van der Waals surface area contributed by atoms with Crippen LogP contribution in [0.4, 0.5) is 11.4 Å². The Balaban J connectivity index is 2.27. The highest BCUT2D eigenvalue weighted by Crippen LogP contribution is 2.30. The van der Waals surface area contributed by atoms with Crippen LogP contribution in [-0.4, -0.2) is 27.8 Å². The van der Waals surface area contributed by atoms with Crippen LogP contribution < -0.4 is 11.1 Å². The van der Waals surface area contributed by atoms with Crippen LogP contribution in [0.15, 0.2) is 18.5 Å². The summed E-state index contributed by atoms with van der Waals surface area (Å²) in [4.78, 5) is 15.8. The zero-order chi connectivity index (χ0) is 14.7. The highest BCUT2D eigenvalue weighted by atomic mass is 35.5. The summed E-state index contributed by atoms with van der Waals surface area (Å²) in [6.07, 6.45) is 1.59. The molecule has 1 heterocycles. The van der Waals surface area contributed by atoms with Crippen molar-refractivity contribution in [1.29, 1.82) is 0 Å². The molecule has 0 aliphatic rings. The molecule has 1 aromatic heterocycles. The number of benzene rings is 1. The van der Waals surface area contributed by atoms with Gasteiger partial charge in [0.2, 0.25) is 0 Å². The average molecular weight is 296 g/mol. The topological polar surface area (TPSA) is 95.1 Å². The number of nitrogens with zero attached hydrogens (tertiary/aromatic N) is 3. The Bertz CT molecular complexity index is 641. The van der Waals surface area contributed by atoms with Crippen LogP contribution in [0.3, 0.4) is 0 Å². The number of aromatic nitrogens is 3. The first kappa shape index (κ1) is 14.1. The van der Waals surface area contributed by atoms with Crippen LogP contribution in [0.5, 0.6) is 0 Å². The van der Waals surface area contributed by atoms with E-state index >= 15 is 0 Å². The molecule has 0 fully saturated rings. The molecule has 0 saturated carbocycles. The third-order valence-electron chi connectivity index (χ3n) is 2.59. The van der Waals surface area contributed by atoms with Crippen LogP contribution >= 0.6 is 11.6 Å². The van der Waals surface area contributed by atoms with Crippen LogP contribution in [0.1, 0.15) is 16.2 Å². The molecule has 0 radical (unpaired) electrons. The van der Waals surface area contributed by atoms with Gasteiger partial charge < -0.3 is 15.8 Å². The van der Waals surface area contributed by atoms with Crippen LogP contribution in [0.25, 0.3) is 0 Å². The van der Waals surface area contributed by atoms with Crippen molar-refractivity contribution in [1.82, 2.24) is 14.8 Å². The van der Waals surface area contributed by atoms with Gasteiger partial charge in [0, 0.05) is 12.7 Å². The minimum absolute atomic E-state index is 0.272. The van der Waals surface area contributed by atoms with Crippen molar-refractivity contribution in [2.24, 2.45) is 7.05 Å². The van der Waals surface area contributed by atoms with Gasteiger partial charge in [0.25, 0.3) is 0 Å². The van der Waals surface area contributed by atoms with Crippen molar-refractivity contribution < 1.29 is 9.53 Å². The number of anilines is 2. The van der Waals surface area contributed by atoms with E-state index in [1.54, 1.807) is 24.1 Å². The molecule has 0 bridgehead atoms. The van der Waals surface area contributed by atoms with E-state index in [-0.39, 0.29) is 5.56 Å². The predicted octanol–water partition coefficient (Wildman–Crippen LogP) is 1.45. The number of aryl methyl sites for hydroxylation is 1. The quantitative estimate of drug-likeness (QED) is 0.655. The summed E-state index contributed by atoms with van der Waals surface area (Å²) in [5, 5.41) is 7.49. The minimum atomic E-state index is -0.518. The molecule has 8 heteroatoms. The van der Waals surface area contributed by atoms with Gasteiger partial charge in [-0.1, -0.05) is 11.6 Å². The van der Waals surface area contributed by atoms with Crippen molar-refractivity contribution >= 4 is 28.9 Å². The molecule has 106 valence electrons. The SMILES string of the molecule is COC(=O)c1cc(N)cc(Cl)c1NCc1ncn(C)n1. The normalized spacial score (nSPS) is 10.3. The second-order valence-electron chi connectivity index (χ2n) is 4.10. The Kier molecular flexibility index (Phi) is 4.09. The van der Waals surface area contributed by atoms with Gasteiger partial charge in [-0.25, -0.2) is 9.78 Å². The Morgan fingerprint density at radius 2 is 2.30 bits per heavy atom. The number of nitrogens with one attached hydrogen (secondary N) is 1. The minimum Gasteiger partial charge on any atom is -0.465 e. The fraction of sp³-hybridized carbons (Fsp3) is 0.250. The van der Waals surface area contributed by atoms with Crippen molar-refractivity contribution in [3.63, 3.8) is 0 Å². The molecule has 0 aliphatic heterocycles. The Hall–Kier alpha value is -2.28. The molecule has 0 unspecified atom stereocenters. The Labute approximate surface area is 120 Å². The monoisotopic (exact) mass is 295 g/mol. The first-order valence-electron chi connectivity index (χ1n) is 5.77. The van der Waals surface area contributed by atoms with Gasteiger partial charge in [-0.05, 0) is 12.1 Å². The molecular formula is C12H14ClN5O2. The zero-order valence-corrected chi connectivity index (χ0v) is 11.8. The Morgan fingerprint density at radius 1 is 1.55 bits per heavy atom. The predicted molar refractivity (Wildman–Crippen MR) is 75.5 cm³/mol. The molecule has 2 aromatic rings. The number of rotatable bonds is 4. The maximum Gasteiger partial charge on any atom is 0.340 e. The molecule has 0 spiro atoms. The summed E-state index contributed by atoms with van der Waals surface area (Å²) in [7, 11) is 3.07. The first-order valence-corrected chi connectivity index (χ1v) is 6.14. The summed E-state index contributed by atoms with van der Waals surface area (Å²) in [6.45, 7) is 0.328. The molecule has 2 rings (SSSR count). The highest BCUT2D eigenvalue weighted by Gasteiger charge is 2.16. The molecule has 20 heavy (non-hydrogen) atoms. The first-order chi connectivity index (χ1) is 9.51. The standard InChI is InChI=1S/C12H14ClN5O2/c1-18-6-16-10(17-18)5-15-11-8(12(19)20-2)3-7(14)4-9(11)13/h3-4,6,15H,5,14H2,1-2H3. The maximum absolute atomic E-state index is 11.7. The number of carbonyl (C=O) groups is 1. The molecular weight excluding hydrogens is 282 g/mol. The van der Waals surface area contributed by atoms with Gasteiger partial charge in [-0.3, -0.25) is 4.68 Å². The smallest absolute Gasteiger partial charge is 0.340 e. The number of methoxy groups -OCH3 is 1. The Morgan fingerprint density at radius 3 is 2.90 bits per heavy atom. The summed E-state index contributed by atoms with van der Waals surface area (Å²) in [5.74, 6) is 0.0619. The highest BCUT2D eigenvalue weighted by molar-refractivity contribution is 6.34. The molecule has 3 N–H and O–H groups in total. The number of esters is 1. The van der Waals surface area contributed by atoms with Gasteiger partial charge >= 0.3 is 5.97 Å². The fourth-order valence-corrected chi connectivity index (χ4v) is 2.01. The van der Waals surface area contributed by atoms with Crippen molar-refractivity contribution in [3.8, 4) is 0 Å². The number of nitrogens with two attached hydrogens (primary N) is 1. The molecule has 0 amide bonds. The van der Waals surface area contributed by atoms with Gasteiger partial charge in [-0.2, -0.15) is 5.10 Å². The van der Waals surface area contributed by atoms with Gasteiger partial charge in [-0.15, -0.1) is 0 Å². The van der Waals surface area contributed by atoms with E-state index in [0.29, 0.717) is 28.8 Å². The second-order valence-corrected chi connectivity index (χ2v) is 4.51. The van der Waals surface area contributed by atoms with Crippen molar-refractivity contribution in [2.75, 3.05) is 18.2 Å². The molecule has 0 saturated heterocycles. The summed E-state index contributed by atoms with van der Waals surface area (Å²) >= 11 is 6.11. The van der Waals surface area contributed by atoms with Crippen LogP contribution in [-0.2, 0) is 18.3 Å². The van der Waals surface area contributed by atoms with E-state index in [9.17, 15) is 4.79 Å². The number of nitrogen functional groups attached to an aromatic ring is 1. The van der Waals surface area contributed by atoms with E-state index in [1.165, 1.54) is 13.2 Å². The number of halogens is 1. The average Bonchev–Trinajstić information content (AvgIpc) is 2.81. The lowest BCUT2D eigenvalue weighted by Crippen LogP contribution is -2.10. The molecule has 1 aromatic carbocycles. The lowest BCUT2D eigenvalue weighted by Gasteiger charge is -2.12. The lowest BCUT2D eigenvalue weighted by atomic mass is 10.1. The number of carbonyl (C=O) groups excluding carboxylic acids is 1. The van der Waals surface area contributed by atoms with E-state index < -0.39 is 5.97 Å². The van der Waals surface area contributed by atoms with E-state index in [0.717, 1.165) is 0 Å². The maximum atomic E-state index is 11.7. The number of ether oxygens (including phenoxy) is 1. The largest absolute Gasteiger partial charge is 0.465 e. The summed E-state index contributed by atoms with van der Waals surface area (Å²) in [6, 6.07) is 3.06. The third kappa shape index (κ3) is 3.00. The van der Waals surface area contributed by atoms with Crippen molar-refractivity contribution in [2.45, 2.75) is 6.54 Å². The van der Waals surface area contributed by atoms with Gasteiger partial charge in [0.15, 0.2) is 5.82 Å². The van der Waals surface area contributed by atoms with Crippen molar-refractivity contribution in [3.05, 3.63) is 34.9 Å². The van der Waals surface area contributed by atoms with E-state index in [1.807, 2.05) is 0 Å². The lowest BCUT2D eigenvalue weighted by molar-refractivity contribution is 0.0602. The summed E-state index contributed by atoms with van der Waals surface area (Å²) < 4.78 is 6.30. The number of hydrogen-bond donors (Lipinski definition) is 2. The van der Waals surface area contributed by atoms with E-state index in [2.05, 4.69) is 15.4 Å². The van der Waals surface area contributed by atoms with Crippen LogP contribution in [0.2, 0.25) is 5.02 Å². The number of hydrogen-bond acceptors (Lipinski definition) is 6. The van der Waals surface area contributed by atoms with Crippen LogP contribution in [0, 0.1) is 0 Å². The van der Waals surface area contributed by atoms with Gasteiger partial charge in [0.1, 0.15) is 6.33 Å². The molecule has 0 aliphatic carbocycles. The third-order valence-corrected chi connectivity index (χ3v) is 2.89. The zero-order valence-electron chi connectivity index (χ0n) is 11.1. The molecule has 0 atom stereocenters. The molecule has 7 nitrogen and oxygen atoms in total. The summed E-state index contributed by atoms with van der Waals surface area (Å²) in [5.41, 5.74) is 6.79. The van der Waals surface area contributed by atoms with Gasteiger partial charge in [0.05, 0.1) is 29.9 Å². The van der Waals surface area contributed by atoms with E-state index in [4.69, 9.17) is 22.1 Å².